The highest BCUT2D eigenvalue weighted by Crippen LogP contribution is 2.20. The summed E-state index contributed by atoms with van der Waals surface area (Å²) in [6, 6.07) is 6.39. The summed E-state index contributed by atoms with van der Waals surface area (Å²) in [4.78, 5) is 24.6. The normalized spacial score (nSPS) is 11.6. The van der Waals surface area contributed by atoms with Crippen molar-refractivity contribution in [2.75, 3.05) is 18.4 Å². The average molecular weight is 335 g/mol. The van der Waals surface area contributed by atoms with Gasteiger partial charge in [-0.25, -0.2) is 0 Å². The van der Waals surface area contributed by atoms with Crippen molar-refractivity contribution in [2.45, 2.75) is 26.3 Å². The first-order chi connectivity index (χ1) is 9.45. The summed E-state index contributed by atoms with van der Waals surface area (Å²) >= 11 is 5.98. The Hall–Kier alpha value is -1.30. The molecule has 7 heteroatoms. The predicted molar refractivity (Wildman–Crippen MR) is 86.3 cm³/mol. The Morgan fingerprint density at radius 1 is 1.38 bits per heavy atom. The largest absolute Gasteiger partial charge is 0.480 e. The van der Waals surface area contributed by atoms with Gasteiger partial charge in [0.2, 0.25) is 5.91 Å². The molecule has 0 aromatic heterocycles. The van der Waals surface area contributed by atoms with Gasteiger partial charge in [0.15, 0.2) is 0 Å². The molecule has 1 unspecified atom stereocenters. The van der Waals surface area contributed by atoms with E-state index in [0.29, 0.717) is 17.3 Å². The van der Waals surface area contributed by atoms with E-state index in [4.69, 9.17) is 16.7 Å². The number of benzene rings is 1. The minimum absolute atomic E-state index is 0. The highest BCUT2D eigenvalue weighted by Gasteiger charge is 2.23. The zero-order valence-electron chi connectivity index (χ0n) is 12.0. The van der Waals surface area contributed by atoms with Gasteiger partial charge >= 0.3 is 5.97 Å². The minimum Gasteiger partial charge on any atom is -0.480 e. The molecule has 0 aliphatic heterocycles. The number of hydrogen-bond donors (Lipinski definition) is 2. The van der Waals surface area contributed by atoms with Gasteiger partial charge < -0.3 is 10.4 Å². The molecule has 0 saturated carbocycles. The molecule has 2 N–H and O–H groups in total. The third-order valence-electron chi connectivity index (χ3n) is 2.91. The van der Waals surface area contributed by atoms with Crippen molar-refractivity contribution in [3.63, 3.8) is 0 Å². The highest BCUT2D eigenvalue weighted by atomic mass is 35.5. The number of hydrogen-bond acceptors (Lipinski definition) is 3. The minimum atomic E-state index is -0.948. The van der Waals surface area contributed by atoms with Crippen LogP contribution in [0.1, 0.15) is 20.3 Å². The molecule has 0 heterocycles. The van der Waals surface area contributed by atoms with E-state index in [1.165, 1.54) is 0 Å². The Kier molecular flexibility index (Phi) is 9.01. The van der Waals surface area contributed by atoms with Crippen LogP contribution >= 0.6 is 24.0 Å². The van der Waals surface area contributed by atoms with E-state index >= 15 is 0 Å². The summed E-state index contributed by atoms with van der Waals surface area (Å²) < 4.78 is 0. The number of anilines is 1. The number of para-hydroxylation sites is 1. The first-order valence-electron chi connectivity index (χ1n) is 6.47. The number of nitrogens with one attached hydrogen (secondary N) is 1. The zero-order valence-corrected chi connectivity index (χ0v) is 13.6. The monoisotopic (exact) mass is 334 g/mol. The molecule has 0 spiro atoms. The standard InChI is InChI=1S/C14H19ClN2O3.ClH/c1-3-8-17(9-13(18)19)10(2)14(20)16-12-7-5-4-6-11(12)15;/h4-7,10H,3,8-9H2,1-2H3,(H,16,20)(H,18,19);1H. The van der Waals surface area contributed by atoms with Gasteiger partial charge in [-0.2, -0.15) is 0 Å². The molecule has 21 heavy (non-hydrogen) atoms. The fourth-order valence-corrected chi connectivity index (χ4v) is 2.02. The zero-order chi connectivity index (χ0) is 15.1. The summed E-state index contributed by atoms with van der Waals surface area (Å²) in [5.41, 5.74) is 0.526. The smallest absolute Gasteiger partial charge is 0.317 e. The van der Waals surface area contributed by atoms with E-state index < -0.39 is 12.0 Å². The number of aliphatic carboxylic acids is 1. The molecule has 0 fully saturated rings. The average Bonchev–Trinajstić information content (AvgIpc) is 2.39. The molecule has 1 aromatic rings. The van der Waals surface area contributed by atoms with Gasteiger partial charge in [0, 0.05) is 0 Å². The van der Waals surface area contributed by atoms with Crippen LogP contribution in [0.2, 0.25) is 5.02 Å². The van der Waals surface area contributed by atoms with E-state index in [1.807, 2.05) is 6.92 Å². The quantitative estimate of drug-likeness (QED) is 0.804. The molecule has 1 atom stereocenters. The summed E-state index contributed by atoms with van der Waals surface area (Å²) in [5.74, 6) is -1.22. The molecule has 0 aliphatic carbocycles. The number of carboxylic acid groups (broad SMARTS) is 1. The van der Waals surface area contributed by atoms with Crippen LogP contribution in [-0.2, 0) is 9.59 Å². The number of halogens is 2. The molecule has 1 aromatic carbocycles. The number of amides is 1. The Bertz CT molecular complexity index is 483. The second kappa shape index (κ2) is 9.60. The Morgan fingerprint density at radius 3 is 2.52 bits per heavy atom. The van der Waals surface area contributed by atoms with E-state index in [-0.39, 0.29) is 24.9 Å². The second-order valence-corrected chi connectivity index (χ2v) is 4.92. The van der Waals surface area contributed by atoms with Crippen LogP contribution in [0.15, 0.2) is 24.3 Å². The van der Waals surface area contributed by atoms with Gasteiger partial charge in [0.25, 0.3) is 0 Å². The first kappa shape index (κ1) is 19.7. The number of nitrogens with zero attached hydrogens (tertiary/aromatic N) is 1. The maximum Gasteiger partial charge on any atom is 0.317 e. The molecule has 0 aliphatic rings. The fraction of sp³-hybridized carbons (Fsp3) is 0.429. The van der Waals surface area contributed by atoms with Crippen molar-refractivity contribution in [3.05, 3.63) is 29.3 Å². The molecular formula is C14H20Cl2N2O3. The summed E-state index contributed by atoms with van der Waals surface area (Å²) in [5, 5.41) is 12.0. The van der Waals surface area contributed by atoms with Crippen molar-refractivity contribution >= 4 is 41.6 Å². The summed E-state index contributed by atoms with van der Waals surface area (Å²) in [7, 11) is 0. The lowest BCUT2D eigenvalue weighted by molar-refractivity contribution is -0.139. The van der Waals surface area contributed by atoms with Crippen LogP contribution in [0, 0.1) is 0 Å². The van der Waals surface area contributed by atoms with Crippen LogP contribution in [0.3, 0.4) is 0 Å². The molecule has 118 valence electrons. The fourth-order valence-electron chi connectivity index (χ4n) is 1.84. The predicted octanol–water partition coefficient (Wildman–Crippen LogP) is 2.89. The van der Waals surface area contributed by atoms with Gasteiger partial charge in [0.1, 0.15) is 0 Å². The van der Waals surface area contributed by atoms with E-state index in [2.05, 4.69) is 5.32 Å². The van der Waals surface area contributed by atoms with Crippen molar-refractivity contribution in [2.24, 2.45) is 0 Å². The number of carboxylic acids is 1. The summed E-state index contributed by atoms with van der Waals surface area (Å²) in [6.07, 6.45) is 0.775. The Balaban J connectivity index is 0.00000400. The van der Waals surface area contributed by atoms with Crippen LogP contribution in [0.25, 0.3) is 0 Å². The van der Waals surface area contributed by atoms with Crippen LogP contribution < -0.4 is 5.32 Å². The SMILES string of the molecule is CCCN(CC(=O)O)C(C)C(=O)Nc1ccccc1Cl.Cl. The van der Waals surface area contributed by atoms with Gasteiger partial charge in [-0.1, -0.05) is 30.7 Å². The number of carbonyl (C=O) groups excluding carboxylic acids is 1. The van der Waals surface area contributed by atoms with Crippen LogP contribution in [0.4, 0.5) is 5.69 Å². The van der Waals surface area contributed by atoms with E-state index in [1.54, 1.807) is 36.1 Å². The molecule has 0 bridgehead atoms. The van der Waals surface area contributed by atoms with Gasteiger partial charge in [-0.15, -0.1) is 12.4 Å². The van der Waals surface area contributed by atoms with Crippen molar-refractivity contribution in [1.82, 2.24) is 4.90 Å². The van der Waals surface area contributed by atoms with Crippen LogP contribution in [-0.4, -0.2) is 41.0 Å². The van der Waals surface area contributed by atoms with E-state index in [9.17, 15) is 9.59 Å². The molecule has 1 amide bonds. The first-order valence-corrected chi connectivity index (χ1v) is 6.84. The maximum atomic E-state index is 12.2. The lowest BCUT2D eigenvalue weighted by Crippen LogP contribution is -2.44. The lowest BCUT2D eigenvalue weighted by atomic mass is 10.2. The second-order valence-electron chi connectivity index (χ2n) is 4.51. The molecule has 0 saturated heterocycles. The lowest BCUT2D eigenvalue weighted by Gasteiger charge is -2.26. The highest BCUT2D eigenvalue weighted by molar-refractivity contribution is 6.33. The van der Waals surface area contributed by atoms with Gasteiger partial charge in [-0.05, 0) is 32.0 Å². The van der Waals surface area contributed by atoms with Gasteiger partial charge in [-0.3, -0.25) is 14.5 Å². The Labute approximate surface area is 135 Å². The molecule has 5 nitrogen and oxygen atoms in total. The molecule has 1 rings (SSSR count). The van der Waals surface area contributed by atoms with Gasteiger partial charge in [0.05, 0.1) is 23.3 Å². The van der Waals surface area contributed by atoms with Crippen molar-refractivity contribution in [3.8, 4) is 0 Å². The van der Waals surface area contributed by atoms with Crippen molar-refractivity contribution < 1.29 is 14.7 Å². The van der Waals surface area contributed by atoms with E-state index in [0.717, 1.165) is 6.42 Å². The van der Waals surface area contributed by atoms with Crippen molar-refractivity contribution in [1.29, 1.82) is 0 Å². The topological polar surface area (TPSA) is 69.6 Å². The number of rotatable bonds is 7. The third-order valence-corrected chi connectivity index (χ3v) is 3.24. The molecule has 0 radical (unpaired) electrons. The maximum absolute atomic E-state index is 12.2. The summed E-state index contributed by atoms with van der Waals surface area (Å²) in [6.45, 7) is 4.01. The third kappa shape index (κ3) is 6.33. The molecular weight excluding hydrogens is 315 g/mol. The number of carbonyl (C=O) groups is 2. The Morgan fingerprint density at radius 2 is 2.00 bits per heavy atom. The van der Waals surface area contributed by atoms with Crippen LogP contribution in [0.5, 0.6) is 0 Å².